The number of carbonyl (C=O) groups is 2. The largest absolute Gasteiger partial charge is 0.497 e. The smallest absolute Gasteiger partial charge is 0.331 e. The number of ether oxygens (including phenoxy) is 2. The molecule has 6 heteroatoms. The van der Waals surface area contributed by atoms with Crippen molar-refractivity contribution in [3.8, 4) is 5.75 Å². The summed E-state index contributed by atoms with van der Waals surface area (Å²) in [6.45, 7) is -0.381. The Morgan fingerprint density at radius 1 is 1.17 bits per heavy atom. The molecule has 0 aliphatic rings. The van der Waals surface area contributed by atoms with Gasteiger partial charge in [0, 0.05) is 16.8 Å². The van der Waals surface area contributed by atoms with E-state index < -0.39 is 11.9 Å². The van der Waals surface area contributed by atoms with Gasteiger partial charge in [-0.1, -0.05) is 29.8 Å². The molecule has 124 valence electrons. The Hall–Kier alpha value is -2.79. The number of methoxy groups -OCH3 is 1. The molecule has 2 aromatic rings. The topological polar surface area (TPSA) is 64.6 Å². The molecule has 0 saturated carbocycles. The van der Waals surface area contributed by atoms with Gasteiger partial charge in [0.1, 0.15) is 5.75 Å². The van der Waals surface area contributed by atoms with Gasteiger partial charge >= 0.3 is 5.97 Å². The van der Waals surface area contributed by atoms with E-state index >= 15 is 0 Å². The maximum absolute atomic E-state index is 11.7. The minimum atomic E-state index is -0.612. The summed E-state index contributed by atoms with van der Waals surface area (Å²) in [5.74, 6) is -0.370. The van der Waals surface area contributed by atoms with Crippen LogP contribution in [0, 0.1) is 0 Å². The zero-order chi connectivity index (χ0) is 17.4. The number of benzene rings is 2. The van der Waals surface area contributed by atoms with Crippen LogP contribution in [0.25, 0.3) is 6.08 Å². The van der Waals surface area contributed by atoms with Crippen molar-refractivity contribution in [2.45, 2.75) is 0 Å². The molecule has 1 amide bonds. The Morgan fingerprint density at radius 2 is 1.96 bits per heavy atom. The zero-order valence-electron chi connectivity index (χ0n) is 13.0. The zero-order valence-corrected chi connectivity index (χ0v) is 13.7. The summed E-state index contributed by atoms with van der Waals surface area (Å²) in [6, 6.07) is 13.9. The van der Waals surface area contributed by atoms with E-state index in [1.807, 2.05) is 12.1 Å². The summed E-state index contributed by atoms with van der Waals surface area (Å²) in [5.41, 5.74) is 1.32. The Kier molecular flexibility index (Phi) is 6.40. The van der Waals surface area contributed by atoms with Gasteiger partial charge in [0.05, 0.1) is 7.11 Å². The summed E-state index contributed by atoms with van der Waals surface area (Å²) < 4.78 is 9.98. The second-order valence-corrected chi connectivity index (χ2v) is 5.21. The summed E-state index contributed by atoms with van der Waals surface area (Å²) in [4.78, 5) is 23.4. The lowest BCUT2D eigenvalue weighted by Crippen LogP contribution is -2.20. The van der Waals surface area contributed by atoms with Crippen LogP contribution in [0.2, 0.25) is 5.02 Å². The van der Waals surface area contributed by atoms with Gasteiger partial charge in [-0.05, 0) is 42.0 Å². The Morgan fingerprint density at radius 3 is 2.71 bits per heavy atom. The number of halogens is 1. The SMILES string of the molecule is COc1cccc(C=CC(=O)OCC(=O)Nc2cccc(Cl)c2)c1. The molecule has 0 fully saturated rings. The van der Waals surface area contributed by atoms with Gasteiger partial charge in [-0.3, -0.25) is 4.79 Å². The van der Waals surface area contributed by atoms with E-state index in [4.69, 9.17) is 21.1 Å². The second kappa shape index (κ2) is 8.74. The van der Waals surface area contributed by atoms with E-state index in [2.05, 4.69) is 5.32 Å². The van der Waals surface area contributed by atoms with Crippen LogP contribution in [0.3, 0.4) is 0 Å². The van der Waals surface area contributed by atoms with Crippen LogP contribution < -0.4 is 10.1 Å². The minimum Gasteiger partial charge on any atom is -0.497 e. The van der Waals surface area contributed by atoms with Gasteiger partial charge in [-0.15, -0.1) is 0 Å². The maximum Gasteiger partial charge on any atom is 0.331 e. The molecule has 2 aromatic carbocycles. The van der Waals surface area contributed by atoms with Crippen LogP contribution >= 0.6 is 11.6 Å². The number of hydrogen-bond donors (Lipinski definition) is 1. The number of carbonyl (C=O) groups excluding carboxylic acids is 2. The number of nitrogens with one attached hydrogen (secondary N) is 1. The molecule has 0 bridgehead atoms. The highest BCUT2D eigenvalue weighted by molar-refractivity contribution is 6.30. The van der Waals surface area contributed by atoms with Gasteiger partial charge in [-0.2, -0.15) is 0 Å². The predicted molar refractivity (Wildman–Crippen MR) is 93.1 cm³/mol. The summed E-state index contributed by atoms with van der Waals surface area (Å²) >= 11 is 5.82. The van der Waals surface area contributed by atoms with Crippen LogP contribution in [0.1, 0.15) is 5.56 Å². The van der Waals surface area contributed by atoms with E-state index in [0.717, 1.165) is 5.56 Å². The maximum atomic E-state index is 11.7. The average molecular weight is 346 g/mol. The minimum absolute atomic E-state index is 0.381. The molecule has 0 aliphatic carbocycles. The average Bonchev–Trinajstić information content (AvgIpc) is 2.58. The van der Waals surface area contributed by atoms with E-state index in [9.17, 15) is 9.59 Å². The van der Waals surface area contributed by atoms with E-state index in [1.165, 1.54) is 6.08 Å². The molecule has 0 unspecified atom stereocenters. The van der Waals surface area contributed by atoms with Crippen molar-refractivity contribution in [3.63, 3.8) is 0 Å². The van der Waals surface area contributed by atoms with E-state index in [1.54, 1.807) is 49.6 Å². The predicted octanol–water partition coefficient (Wildman–Crippen LogP) is 3.54. The lowest BCUT2D eigenvalue weighted by Gasteiger charge is -2.05. The van der Waals surface area contributed by atoms with Gasteiger partial charge in [0.15, 0.2) is 6.61 Å². The first-order valence-electron chi connectivity index (χ1n) is 7.11. The number of amides is 1. The Balaban J connectivity index is 1.81. The van der Waals surface area contributed by atoms with Crippen molar-refractivity contribution >= 4 is 35.2 Å². The standard InChI is InChI=1S/C18H16ClNO4/c1-23-16-7-2-4-13(10-16)8-9-18(22)24-12-17(21)20-15-6-3-5-14(19)11-15/h2-11H,12H2,1H3,(H,20,21). The van der Waals surface area contributed by atoms with Gasteiger partial charge in [-0.25, -0.2) is 4.79 Å². The molecular formula is C18H16ClNO4. The summed E-state index contributed by atoms with van der Waals surface area (Å²) in [5, 5.41) is 3.09. The van der Waals surface area contributed by atoms with Gasteiger partial charge in [0.2, 0.25) is 0 Å². The third-order valence-corrected chi connectivity index (χ3v) is 3.19. The highest BCUT2D eigenvalue weighted by Gasteiger charge is 2.06. The quantitative estimate of drug-likeness (QED) is 0.642. The fraction of sp³-hybridized carbons (Fsp3) is 0.111. The molecule has 5 nitrogen and oxygen atoms in total. The monoisotopic (exact) mass is 345 g/mol. The van der Waals surface area contributed by atoms with Crippen molar-refractivity contribution in [1.29, 1.82) is 0 Å². The number of anilines is 1. The highest BCUT2D eigenvalue weighted by Crippen LogP contribution is 2.15. The van der Waals surface area contributed by atoms with E-state index in [-0.39, 0.29) is 6.61 Å². The number of rotatable bonds is 6. The van der Waals surface area contributed by atoms with E-state index in [0.29, 0.717) is 16.5 Å². The van der Waals surface area contributed by atoms with Crippen molar-refractivity contribution in [2.75, 3.05) is 19.0 Å². The van der Waals surface area contributed by atoms with Gasteiger partial charge in [0.25, 0.3) is 5.91 Å². The Labute approximate surface area is 144 Å². The molecule has 1 N–H and O–H groups in total. The van der Waals surface area contributed by atoms with Crippen molar-refractivity contribution in [1.82, 2.24) is 0 Å². The lowest BCUT2D eigenvalue weighted by molar-refractivity contribution is -0.142. The molecule has 0 aliphatic heterocycles. The van der Waals surface area contributed by atoms with Crippen LogP contribution in [-0.2, 0) is 14.3 Å². The lowest BCUT2D eigenvalue weighted by atomic mass is 10.2. The van der Waals surface area contributed by atoms with Crippen LogP contribution in [0.5, 0.6) is 5.75 Å². The van der Waals surface area contributed by atoms with Crippen LogP contribution in [-0.4, -0.2) is 25.6 Å². The van der Waals surface area contributed by atoms with Crippen molar-refractivity contribution in [2.24, 2.45) is 0 Å². The Bertz CT molecular complexity index is 758. The second-order valence-electron chi connectivity index (χ2n) is 4.78. The molecular weight excluding hydrogens is 330 g/mol. The molecule has 0 radical (unpaired) electrons. The molecule has 2 rings (SSSR count). The molecule has 0 atom stereocenters. The van der Waals surface area contributed by atoms with Crippen LogP contribution in [0.15, 0.2) is 54.6 Å². The summed E-state index contributed by atoms with van der Waals surface area (Å²) in [7, 11) is 1.57. The molecule has 0 saturated heterocycles. The first kappa shape index (κ1) is 17.6. The molecule has 24 heavy (non-hydrogen) atoms. The highest BCUT2D eigenvalue weighted by atomic mass is 35.5. The normalized spacial score (nSPS) is 10.4. The fourth-order valence-electron chi connectivity index (χ4n) is 1.86. The summed E-state index contributed by atoms with van der Waals surface area (Å²) in [6.07, 6.45) is 2.83. The first-order valence-corrected chi connectivity index (χ1v) is 7.49. The molecule has 0 heterocycles. The number of hydrogen-bond acceptors (Lipinski definition) is 4. The third-order valence-electron chi connectivity index (χ3n) is 2.96. The van der Waals surface area contributed by atoms with Crippen molar-refractivity contribution in [3.05, 3.63) is 65.2 Å². The van der Waals surface area contributed by atoms with Crippen LogP contribution in [0.4, 0.5) is 5.69 Å². The number of esters is 1. The van der Waals surface area contributed by atoms with Gasteiger partial charge < -0.3 is 14.8 Å². The first-order chi connectivity index (χ1) is 11.6. The third kappa shape index (κ3) is 5.78. The fourth-order valence-corrected chi connectivity index (χ4v) is 2.05. The molecule has 0 spiro atoms. The molecule has 0 aromatic heterocycles. The van der Waals surface area contributed by atoms with Crippen molar-refractivity contribution < 1.29 is 19.1 Å².